The molecule has 2 atom stereocenters. The lowest BCUT2D eigenvalue weighted by atomic mass is 9.93. The number of benzene rings is 1. The van der Waals surface area contributed by atoms with Gasteiger partial charge in [0.15, 0.2) is 0 Å². The number of amides is 2. The number of rotatable bonds is 3. The largest absolute Gasteiger partial charge is 0.341 e. The smallest absolute Gasteiger partial charge is 0.261 e. The average molecular weight is 389 g/mol. The molecule has 0 radical (unpaired) electrons. The van der Waals surface area contributed by atoms with Gasteiger partial charge in [-0.2, -0.15) is 0 Å². The lowest BCUT2D eigenvalue weighted by Gasteiger charge is -2.44. The van der Waals surface area contributed by atoms with Gasteiger partial charge in [0.1, 0.15) is 12.4 Å². The summed E-state index contributed by atoms with van der Waals surface area (Å²) in [5, 5.41) is 0.292. The van der Waals surface area contributed by atoms with Gasteiger partial charge in [0, 0.05) is 29.9 Å². The van der Waals surface area contributed by atoms with Crippen LogP contribution in [-0.2, 0) is 9.59 Å². The number of likely N-dealkylation sites (tertiary alicyclic amines) is 1. The minimum Gasteiger partial charge on any atom is -0.341 e. The maximum Gasteiger partial charge on any atom is 0.261 e. The second-order valence-corrected chi connectivity index (χ2v) is 8.84. The molecular formula is C21H25FN2O2S. The van der Waals surface area contributed by atoms with E-state index < -0.39 is 0 Å². The molecular weight excluding hydrogens is 363 g/mol. The van der Waals surface area contributed by atoms with E-state index in [1.807, 2.05) is 4.90 Å². The predicted octanol–water partition coefficient (Wildman–Crippen LogP) is 3.68. The Morgan fingerprint density at radius 1 is 1.15 bits per heavy atom. The highest BCUT2D eigenvalue weighted by Crippen LogP contribution is 2.42. The van der Waals surface area contributed by atoms with Gasteiger partial charge in [-0.1, -0.05) is 31.0 Å². The highest BCUT2D eigenvalue weighted by molar-refractivity contribution is 8.04. The van der Waals surface area contributed by atoms with E-state index in [0.717, 1.165) is 51.6 Å². The molecule has 2 unspecified atom stereocenters. The van der Waals surface area contributed by atoms with Crippen LogP contribution in [0.4, 0.5) is 4.39 Å². The van der Waals surface area contributed by atoms with Crippen molar-refractivity contribution in [2.24, 2.45) is 0 Å². The Morgan fingerprint density at radius 3 is 2.67 bits per heavy atom. The Hall–Kier alpha value is -1.82. The van der Waals surface area contributed by atoms with Crippen molar-refractivity contribution >= 4 is 29.7 Å². The molecule has 3 fully saturated rings. The van der Waals surface area contributed by atoms with Crippen LogP contribution in [-0.4, -0.2) is 52.5 Å². The molecule has 1 aromatic carbocycles. The summed E-state index contributed by atoms with van der Waals surface area (Å²) in [6, 6.07) is 6.61. The van der Waals surface area contributed by atoms with Crippen molar-refractivity contribution in [1.82, 2.24) is 9.80 Å². The summed E-state index contributed by atoms with van der Waals surface area (Å²) in [6.07, 6.45) is 7.95. The standard InChI is InChI=1S/C21H25FN2O2S/c22-16-8-2-1-7-15(16)13-19-21(26)24(14-20(25)23-11-5-6-12-23)17-9-3-4-10-18(17)27-19/h1-2,7-8,13,17-18H,3-6,9-12,14H2/b19-13-. The summed E-state index contributed by atoms with van der Waals surface area (Å²) >= 11 is 1.57. The lowest BCUT2D eigenvalue weighted by molar-refractivity contribution is -0.140. The van der Waals surface area contributed by atoms with Gasteiger partial charge < -0.3 is 9.80 Å². The Kier molecular flexibility index (Phi) is 5.53. The van der Waals surface area contributed by atoms with Crippen LogP contribution in [0, 0.1) is 5.82 Å². The quantitative estimate of drug-likeness (QED) is 0.742. The van der Waals surface area contributed by atoms with E-state index in [-0.39, 0.29) is 30.2 Å². The number of hydrogen-bond acceptors (Lipinski definition) is 3. The minimum absolute atomic E-state index is 0.0438. The molecule has 6 heteroatoms. The van der Waals surface area contributed by atoms with Crippen molar-refractivity contribution < 1.29 is 14.0 Å². The fourth-order valence-electron chi connectivity index (χ4n) is 4.31. The van der Waals surface area contributed by atoms with Crippen molar-refractivity contribution in [3.8, 4) is 0 Å². The van der Waals surface area contributed by atoms with Crippen molar-refractivity contribution in [1.29, 1.82) is 0 Å². The van der Waals surface area contributed by atoms with Crippen LogP contribution >= 0.6 is 11.8 Å². The first-order valence-corrected chi connectivity index (χ1v) is 10.7. The topological polar surface area (TPSA) is 40.6 Å². The van der Waals surface area contributed by atoms with Gasteiger partial charge in [-0.3, -0.25) is 9.59 Å². The maximum absolute atomic E-state index is 14.1. The minimum atomic E-state index is -0.330. The maximum atomic E-state index is 14.1. The normalized spacial score (nSPS) is 27.1. The number of carbonyl (C=O) groups excluding carboxylic acids is 2. The second kappa shape index (κ2) is 8.05. The van der Waals surface area contributed by atoms with E-state index in [9.17, 15) is 14.0 Å². The van der Waals surface area contributed by atoms with Crippen LogP contribution in [0.5, 0.6) is 0 Å². The number of hydrogen-bond donors (Lipinski definition) is 0. The molecule has 1 saturated carbocycles. The monoisotopic (exact) mass is 388 g/mol. The van der Waals surface area contributed by atoms with Gasteiger partial charge in [0.05, 0.1) is 4.91 Å². The Balaban J connectivity index is 1.60. The molecule has 0 N–H and O–H groups in total. The number of nitrogens with zero attached hydrogens (tertiary/aromatic N) is 2. The van der Waals surface area contributed by atoms with E-state index in [2.05, 4.69) is 0 Å². The van der Waals surface area contributed by atoms with Crippen molar-refractivity contribution in [3.05, 3.63) is 40.6 Å². The Labute approximate surface area is 163 Å². The highest BCUT2D eigenvalue weighted by Gasteiger charge is 2.41. The van der Waals surface area contributed by atoms with Gasteiger partial charge in [0.25, 0.3) is 5.91 Å². The van der Waals surface area contributed by atoms with Crippen molar-refractivity contribution in [2.45, 2.75) is 49.8 Å². The number of halogens is 1. The van der Waals surface area contributed by atoms with Crippen LogP contribution in [0.1, 0.15) is 44.1 Å². The molecule has 1 aromatic rings. The third kappa shape index (κ3) is 3.91. The summed E-state index contributed by atoms with van der Waals surface area (Å²) in [7, 11) is 0. The number of carbonyl (C=O) groups is 2. The molecule has 0 spiro atoms. The molecule has 1 aliphatic carbocycles. The highest BCUT2D eigenvalue weighted by atomic mass is 32.2. The first-order valence-electron chi connectivity index (χ1n) is 9.85. The lowest BCUT2D eigenvalue weighted by Crippen LogP contribution is -2.54. The number of thioether (sulfide) groups is 1. The van der Waals surface area contributed by atoms with Crippen LogP contribution in [0.25, 0.3) is 6.08 Å². The van der Waals surface area contributed by atoms with Crippen molar-refractivity contribution in [2.75, 3.05) is 19.6 Å². The van der Waals surface area contributed by atoms with E-state index in [1.54, 1.807) is 40.9 Å². The first-order chi connectivity index (χ1) is 13.1. The molecule has 144 valence electrons. The molecule has 2 amide bonds. The van der Waals surface area contributed by atoms with Gasteiger partial charge >= 0.3 is 0 Å². The van der Waals surface area contributed by atoms with E-state index in [0.29, 0.717) is 15.7 Å². The van der Waals surface area contributed by atoms with E-state index >= 15 is 0 Å². The summed E-state index contributed by atoms with van der Waals surface area (Å²) < 4.78 is 14.1. The van der Waals surface area contributed by atoms with E-state index in [4.69, 9.17) is 0 Å². The van der Waals surface area contributed by atoms with Crippen LogP contribution in [0.15, 0.2) is 29.2 Å². The fraction of sp³-hybridized carbons (Fsp3) is 0.524. The predicted molar refractivity (Wildman–Crippen MR) is 106 cm³/mol. The van der Waals surface area contributed by atoms with Gasteiger partial charge in [0.2, 0.25) is 5.91 Å². The Morgan fingerprint density at radius 2 is 1.89 bits per heavy atom. The van der Waals surface area contributed by atoms with Crippen LogP contribution in [0.2, 0.25) is 0 Å². The zero-order valence-corrected chi connectivity index (χ0v) is 16.2. The van der Waals surface area contributed by atoms with Crippen LogP contribution in [0.3, 0.4) is 0 Å². The summed E-state index contributed by atoms with van der Waals surface area (Å²) in [6.45, 7) is 1.73. The van der Waals surface area contributed by atoms with E-state index in [1.165, 1.54) is 6.07 Å². The Bertz CT molecular complexity index is 760. The molecule has 0 bridgehead atoms. The van der Waals surface area contributed by atoms with Gasteiger partial charge in [-0.25, -0.2) is 4.39 Å². The van der Waals surface area contributed by atoms with Gasteiger partial charge in [-0.15, -0.1) is 11.8 Å². The van der Waals surface area contributed by atoms with Gasteiger partial charge in [-0.05, 0) is 37.8 Å². The molecule has 4 nitrogen and oxygen atoms in total. The first kappa shape index (κ1) is 18.5. The summed E-state index contributed by atoms with van der Waals surface area (Å²) in [4.78, 5) is 30.1. The van der Waals surface area contributed by atoms with Crippen molar-refractivity contribution in [3.63, 3.8) is 0 Å². The SMILES string of the molecule is O=C(CN1C(=O)/C(=C/c2ccccc2F)SC2CCCCC21)N1CCCC1. The number of fused-ring (bicyclic) bond motifs is 1. The molecule has 4 rings (SSSR count). The molecule has 27 heavy (non-hydrogen) atoms. The molecule has 2 saturated heterocycles. The fourth-order valence-corrected chi connectivity index (χ4v) is 5.77. The summed E-state index contributed by atoms with van der Waals surface area (Å²) in [5.41, 5.74) is 0.424. The zero-order valence-electron chi connectivity index (χ0n) is 15.4. The summed E-state index contributed by atoms with van der Waals surface area (Å²) in [5.74, 6) is -0.412. The molecule has 2 heterocycles. The van der Waals surface area contributed by atoms with Crippen LogP contribution < -0.4 is 0 Å². The second-order valence-electron chi connectivity index (χ2n) is 7.56. The average Bonchev–Trinajstić information content (AvgIpc) is 3.21. The molecule has 3 aliphatic rings. The third-order valence-electron chi connectivity index (χ3n) is 5.77. The zero-order chi connectivity index (χ0) is 18.8. The molecule has 0 aromatic heterocycles. The third-order valence-corrected chi connectivity index (χ3v) is 7.17. The molecule has 2 aliphatic heterocycles.